The second kappa shape index (κ2) is 3.90. The normalized spacial score (nSPS) is 13.0. The van der Waals surface area contributed by atoms with Crippen LogP contribution in [0.25, 0.3) is 0 Å². The van der Waals surface area contributed by atoms with E-state index in [-0.39, 0.29) is 6.04 Å². The molecule has 0 saturated heterocycles. The van der Waals surface area contributed by atoms with E-state index in [1.807, 2.05) is 32.3 Å². The first-order valence-corrected chi connectivity index (χ1v) is 4.95. The number of nitrogens with zero attached hydrogens (tertiary/aromatic N) is 2. The molecule has 2 aromatic heterocycles. The Morgan fingerprint density at radius 2 is 2.33 bits per heavy atom. The number of nitrogens with two attached hydrogens (primary N) is 1. The molecule has 0 saturated carbocycles. The third-order valence-corrected chi connectivity index (χ3v) is 2.44. The van der Waals surface area contributed by atoms with Crippen LogP contribution in [-0.2, 0) is 13.5 Å². The highest BCUT2D eigenvalue weighted by molar-refractivity contribution is 5.19. The minimum atomic E-state index is -0.116. The summed E-state index contributed by atoms with van der Waals surface area (Å²) in [7, 11) is 1.90. The summed E-state index contributed by atoms with van der Waals surface area (Å²) in [6.45, 7) is 2.00. The van der Waals surface area contributed by atoms with Crippen molar-refractivity contribution in [3.8, 4) is 0 Å². The SMILES string of the molecule is Cc1ccoc1C(N)Cc1ccn(C)n1. The van der Waals surface area contributed by atoms with Gasteiger partial charge in [0.1, 0.15) is 5.76 Å². The Morgan fingerprint density at radius 3 is 2.87 bits per heavy atom. The first-order chi connectivity index (χ1) is 7.16. The molecule has 80 valence electrons. The van der Waals surface area contributed by atoms with E-state index in [1.54, 1.807) is 10.9 Å². The van der Waals surface area contributed by atoms with Crippen molar-refractivity contribution in [3.63, 3.8) is 0 Å². The number of furan rings is 1. The van der Waals surface area contributed by atoms with E-state index in [2.05, 4.69) is 5.10 Å². The third-order valence-electron chi connectivity index (χ3n) is 2.44. The van der Waals surface area contributed by atoms with Crippen LogP contribution in [0.5, 0.6) is 0 Å². The molecule has 1 atom stereocenters. The van der Waals surface area contributed by atoms with Gasteiger partial charge in [-0.2, -0.15) is 5.10 Å². The summed E-state index contributed by atoms with van der Waals surface area (Å²) in [6.07, 6.45) is 4.29. The quantitative estimate of drug-likeness (QED) is 0.827. The number of aryl methyl sites for hydroxylation is 2. The predicted octanol–water partition coefficient (Wildman–Crippen LogP) is 1.56. The second-order valence-corrected chi connectivity index (χ2v) is 3.76. The molecule has 2 heterocycles. The van der Waals surface area contributed by atoms with Crippen molar-refractivity contribution >= 4 is 0 Å². The molecule has 0 bridgehead atoms. The summed E-state index contributed by atoms with van der Waals surface area (Å²) >= 11 is 0. The molecule has 0 aliphatic rings. The van der Waals surface area contributed by atoms with Crippen LogP contribution >= 0.6 is 0 Å². The number of hydrogen-bond acceptors (Lipinski definition) is 3. The van der Waals surface area contributed by atoms with Crippen LogP contribution in [0.3, 0.4) is 0 Å². The highest BCUT2D eigenvalue weighted by atomic mass is 16.3. The first-order valence-electron chi connectivity index (χ1n) is 4.95. The van der Waals surface area contributed by atoms with E-state index in [0.717, 1.165) is 17.0 Å². The van der Waals surface area contributed by atoms with Crippen LogP contribution in [-0.4, -0.2) is 9.78 Å². The number of aromatic nitrogens is 2. The van der Waals surface area contributed by atoms with Gasteiger partial charge in [-0.3, -0.25) is 4.68 Å². The molecule has 0 spiro atoms. The van der Waals surface area contributed by atoms with Crippen molar-refractivity contribution in [3.05, 3.63) is 41.6 Å². The number of hydrogen-bond donors (Lipinski definition) is 1. The maximum atomic E-state index is 6.04. The summed E-state index contributed by atoms with van der Waals surface area (Å²) in [5.74, 6) is 0.848. The van der Waals surface area contributed by atoms with Crippen LogP contribution < -0.4 is 5.73 Å². The lowest BCUT2D eigenvalue weighted by molar-refractivity contribution is 0.459. The number of rotatable bonds is 3. The average Bonchev–Trinajstić information content (AvgIpc) is 2.75. The molecule has 2 rings (SSSR count). The molecule has 15 heavy (non-hydrogen) atoms. The molecule has 0 amide bonds. The Morgan fingerprint density at radius 1 is 1.53 bits per heavy atom. The molecule has 1 unspecified atom stereocenters. The van der Waals surface area contributed by atoms with Gasteiger partial charge in [-0.05, 0) is 24.6 Å². The highest BCUT2D eigenvalue weighted by Gasteiger charge is 2.14. The van der Waals surface area contributed by atoms with Crippen molar-refractivity contribution < 1.29 is 4.42 Å². The minimum absolute atomic E-state index is 0.116. The molecule has 4 heteroatoms. The predicted molar refractivity (Wildman–Crippen MR) is 57.3 cm³/mol. The van der Waals surface area contributed by atoms with Crippen molar-refractivity contribution in [2.75, 3.05) is 0 Å². The molecule has 4 nitrogen and oxygen atoms in total. The Hall–Kier alpha value is -1.55. The van der Waals surface area contributed by atoms with Crippen molar-refractivity contribution in [1.82, 2.24) is 9.78 Å². The maximum absolute atomic E-state index is 6.04. The summed E-state index contributed by atoms with van der Waals surface area (Å²) < 4.78 is 7.12. The molecular weight excluding hydrogens is 190 g/mol. The second-order valence-electron chi connectivity index (χ2n) is 3.76. The molecule has 0 fully saturated rings. The molecule has 0 aromatic carbocycles. The van der Waals surface area contributed by atoms with Gasteiger partial charge in [0, 0.05) is 19.7 Å². The van der Waals surface area contributed by atoms with E-state index < -0.39 is 0 Å². The van der Waals surface area contributed by atoms with Crippen molar-refractivity contribution in [2.24, 2.45) is 12.8 Å². The van der Waals surface area contributed by atoms with Gasteiger partial charge in [0.05, 0.1) is 18.0 Å². The van der Waals surface area contributed by atoms with Gasteiger partial charge in [0.15, 0.2) is 0 Å². The molecule has 0 aliphatic heterocycles. The average molecular weight is 205 g/mol. The van der Waals surface area contributed by atoms with Gasteiger partial charge in [0.2, 0.25) is 0 Å². The maximum Gasteiger partial charge on any atom is 0.123 e. The van der Waals surface area contributed by atoms with Gasteiger partial charge in [-0.1, -0.05) is 0 Å². The zero-order chi connectivity index (χ0) is 10.8. The Labute approximate surface area is 88.7 Å². The first kappa shape index (κ1) is 9.98. The van der Waals surface area contributed by atoms with Crippen LogP contribution in [0.15, 0.2) is 29.0 Å². The molecule has 2 N–H and O–H groups in total. The third kappa shape index (κ3) is 2.10. The fraction of sp³-hybridized carbons (Fsp3) is 0.364. The Bertz CT molecular complexity index is 444. The summed E-state index contributed by atoms with van der Waals surface area (Å²) in [6, 6.07) is 3.78. The standard InChI is InChI=1S/C11H15N3O/c1-8-4-6-15-11(8)10(12)7-9-3-5-14(2)13-9/h3-6,10H,7,12H2,1-2H3. The minimum Gasteiger partial charge on any atom is -0.467 e. The topological polar surface area (TPSA) is 57.0 Å². The summed E-state index contributed by atoms with van der Waals surface area (Å²) in [5, 5.41) is 4.29. The van der Waals surface area contributed by atoms with Gasteiger partial charge in [-0.25, -0.2) is 0 Å². The van der Waals surface area contributed by atoms with E-state index in [0.29, 0.717) is 6.42 Å². The summed E-state index contributed by atoms with van der Waals surface area (Å²) in [5.41, 5.74) is 8.12. The van der Waals surface area contributed by atoms with Crippen LogP contribution in [0.1, 0.15) is 23.1 Å². The van der Waals surface area contributed by atoms with Gasteiger partial charge >= 0.3 is 0 Å². The van der Waals surface area contributed by atoms with E-state index in [4.69, 9.17) is 10.2 Å². The van der Waals surface area contributed by atoms with E-state index >= 15 is 0 Å². The van der Waals surface area contributed by atoms with Crippen LogP contribution in [0.4, 0.5) is 0 Å². The molecule has 0 radical (unpaired) electrons. The lowest BCUT2D eigenvalue weighted by Gasteiger charge is -2.07. The summed E-state index contributed by atoms with van der Waals surface area (Å²) in [4.78, 5) is 0. The largest absolute Gasteiger partial charge is 0.467 e. The Kier molecular flexibility index (Phi) is 2.60. The Balaban J connectivity index is 2.10. The van der Waals surface area contributed by atoms with Crippen molar-refractivity contribution in [2.45, 2.75) is 19.4 Å². The van der Waals surface area contributed by atoms with Gasteiger partial charge in [-0.15, -0.1) is 0 Å². The molecule has 2 aromatic rings. The van der Waals surface area contributed by atoms with Crippen LogP contribution in [0.2, 0.25) is 0 Å². The van der Waals surface area contributed by atoms with Gasteiger partial charge in [0.25, 0.3) is 0 Å². The van der Waals surface area contributed by atoms with Crippen LogP contribution in [0, 0.1) is 6.92 Å². The lowest BCUT2D eigenvalue weighted by Crippen LogP contribution is -2.14. The zero-order valence-corrected chi connectivity index (χ0v) is 8.97. The van der Waals surface area contributed by atoms with Crippen molar-refractivity contribution in [1.29, 1.82) is 0 Å². The molecule has 0 aliphatic carbocycles. The molecular formula is C11H15N3O. The fourth-order valence-electron chi connectivity index (χ4n) is 1.65. The fourth-order valence-corrected chi connectivity index (χ4v) is 1.65. The lowest BCUT2D eigenvalue weighted by atomic mass is 10.1. The van der Waals surface area contributed by atoms with E-state index in [1.165, 1.54) is 0 Å². The smallest absolute Gasteiger partial charge is 0.123 e. The monoisotopic (exact) mass is 205 g/mol. The zero-order valence-electron chi connectivity index (χ0n) is 8.97. The van der Waals surface area contributed by atoms with E-state index in [9.17, 15) is 0 Å². The van der Waals surface area contributed by atoms with Gasteiger partial charge < -0.3 is 10.2 Å². The highest BCUT2D eigenvalue weighted by Crippen LogP contribution is 2.19.